The van der Waals surface area contributed by atoms with Gasteiger partial charge in [0, 0.05) is 0 Å². The maximum Gasteiger partial charge on any atom is 0.247 e. The van der Waals surface area contributed by atoms with Gasteiger partial charge in [-0.3, -0.25) is 25.2 Å². The first kappa shape index (κ1) is 8.41. The number of carbonyl (C=O) groups excluding carboxylic acids is 3. The van der Waals surface area contributed by atoms with Crippen molar-refractivity contribution in [3.63, 3.8) is 0 Å². The van der Waals surface area contributed by atoms with Crippen LogP contribution in [0.5, 0.6) is 0 Å². The number of amides is 3. The Hall–Kier alpha value is -1.59. The van der Waals surface area contributed by atoms with Gasteiger partial charge in [-0.1, -0.05) is 0 Å². The second-order valence-corrected chi connectivity index (χ2v) is 1.45. The van der Waals surface area contributed by atoms with Gasteiger partial charge in [0.2, 0.25) is 18.2 Å². The van der Waals surface area contributed by atoms with Crippen LogP contribution in [-0.4, -0.2) is 18.2 Å². The number of carbonyl (C=O) groups is 3. The van der Waals surface area contributed by atoms with E-state index in [2.05, 4.69) is 5.73 Å². The van der Waals surface area contributed by atoms with Crippen LogP contribution in [0.4, 0.5) is 0 Å². The van der Waals surface area contributed by atoms with Crippen LogP contribution in [-0.2, 0) is 14.4 Å². The van der Waals surface area contributed by atoms with E-state index in [1.807, 2.05) is 10.9 Å². The zero-order valence-corrected chi connectivity index (χ0v) is 5.09. The molecule has 0 aromatic rings. The van der Waals surface area contributed by atoms with E-state index in [0.29, 0.717) is 0 Å². The molecule has 0 saturated heterocycles. The Balaban J connectivity index is 3.43. The van der Waals surface area contributed by atoms with E-state index in [4.69, 9.17) is 0 Å². The van der Waals surface area contributed by atoms with Gasteiger partial charge in [0.15, 0.2) is 0 Å². The second-order valence-electron chi connectivity index (χ2n) is 1.45. The largest absolute Gasteiger partial charge is 0.369 e. The summed E-state index contributed by atoms with van der Waals surface area (Å²) in [6, 6.07) is 0. The van der Waals surface area contributed by atoms with Crippen molar-refractivity contribution >= 4 is 18.2 Å². The maximum atomic E-state index is 10.4. The van der Waals surface area contributed by atoms with E-state index in [0.717, 1.165) is 0 Å². The summed E-state index contributed by atoms with van der Waals surface area (Å²) >= 11 is 0. The van der Waals surface area contributed by atoms with E-state index < -0.39 is 18.2 Å². The van der Waals surface area contributed by atoms with Gasteiger partial charge >= 0.3 is 0 Å². The van der Waals surface area contributed by atoms with Crippen molar-refractivity contribution in [1.29, 1.82) is 0 Å². The first-order chi connectivity index (χ1) is 4.66. The fourth-order valence-corrected chi connectivity index (χ4v) is 0.312. The monoisotopic (exact) mass is 145 g/mol. The molecule has 0 aromatic heterocycles. The summed E-state index contributed by atoms with van der Waals surface area (Å²) in [7, 11) is 0. The smallest absolute Gasteiger partial charge is 0.247 e. The normalized spacial score (nSPS) is 8.00. The highest BCUT2D eigenvalue weighted by Crippen LogP contribution is 1.72. The minimum absolute atomic E-state index is 0.277. The van der Waals surface area contributed by atoms with Crippen molar-refractivity contribution in [2.24, 2.45) is 5.73 Å². The average Bonchev–Trinajstić information content (AvgIpc) is 1.82. The molecule has 0 unspecified atom stereocenters. The zero-order chi connectivity index (χ0) is 7.98. The van der Waals surface area contributed by atoms with Crippen LogP contribution in [0.15, 0.2) is 0 Å². The van der Waals surface area contributed by atoms with E-state index in [9.17, 15) is 14.4 Å². The lowest BCUT2D eigenvalue weighted by Gasteiger charge is -1.97. The van der Waals surface area contributed by atoms with Crippen molar-refractivity contribution in [3.8, 4) is 0 Å². The van der Waals surface area contributed by atoms with Crippen LogP contribution >= 0.6 is 0 Å². The minimum Gasteiger partial charge on any atom is -0.369 e. The Bertz CT molecular complexity index is 156. The number of hydrazine groups is 1. The summed E-state index contributed by atoms with van der Waals surface area (Å²) in [5.74, 6) is -1.38. The lowest BCUT2D eigenvalue weighted by molar-refractivity contribution is -0.129. The predicted octanol–water partition coefficient (Wildman–Crippen LogP) is -2.36. The maximum absolute atomic E-state index is 10.4. The molecule has 0 saturated carbocycles. The van der Waals surface area contributed by atoms with Crippen molar-refractivity contribution in [1.82, 2.24) is 10.9 Å². The molecular formula is C4H7N3O3. The molecule has 3 amide bonds. The summed E-state index contributed by atoms with van der Waals surface area (Å²) in [6.07, 6.45) is -0.153. The molecule has 0 rings (SSSR count). The molecule has 0 radical (unpaired) electrons. The SMILES string of the molecule is NC(=O)CC(=O)NNC=O. The molecule has 0 aliphatic heterocycles. The molecule has 0 aliphatic rings. The van der Waals surface area contributed by atoms with E-state index in [-0.39, 0.29) is 6.41 Å². The molecule has 0 spiro atoms. The second kappa shape index (κ2) is 4.30. The van der Waals surface area contributed by atoms with Crippen LogP contribution in [0.3, 0.4) is 0 Å². The van der Waals surface area contributed by atoms with Crippen LogP contribution in [0, 0.1) is 0 Å². The molecule has 0 fully saturated rings. The van der Waals surface area contributed by atoms with E-state index in [1.165, 1.54) is 0 Å². The first-order valence-electron chi connectivity index (χ1n) is 2.43. The summed E-state index contributed by atoms with van der Waals surface area (Å²) < 4.78 is 0. The Kier molecular flexibility index (Phi) is 3.62. The molecule has 6 nitrogen and oxygen atoms in total. The molecule has 10 heavy (non-hydrogen) atoms. The zero-order valence-electron chi connectivity index (χ0n) is 5.09. The van der Waals surface area contributed by atoms with Crippen LogP contribution < -0.4 is 16.6 Å². The van der Waals surface area contributed by atoms with Crippen LogP contribution in [0.1, 0.15) is 6.42 Å². The first-order valence-corrected chi connectivity index (χ1v) is 2.43. The Morgan fingerprint density at radius 3 is 2.50 bits per heavy atom. The summed E-state index contributed by atoms with van der Waals surface area (Å²) in [4.78, 5) is 30.0. The summed E-state index contributed by atoms with van der Waals surface area (Å²) in [5, 5.41) is 0. The van der Waals surface area contributed by atoms with Gasteiger partial charge in [0.25, 0.3) is 0 Å². The van der Waals surface area contributed by atoms with Gasteiger partial charge in [-0.25, -0.2) is 0 Å². The third-order valence-corrected chi connectivity index (χ3v) is 0.605. The Morgan fingerprint density at radius 2 is 2.10 bits per heavy atom. The Morgan fingerprint density at radius 1 is 1.50 bits per heavy atom. The van der Waals surface area contributed by atoms with Gasteiger partial charge in [-0.15, -0.1) is 0 Å². The van der Waals surface area contributed by atoms with Gasteiger partial charge in [-0.2, -0.15) is 0 Å². The van der Waals surface area contributed by atoms with Crippen molar-refractivity contribution < 1.29 is 14.4 Å². The highest BCUT2D eigenvalue weighted by Gasteiger charge is 2.02. The van der Waals surface area contributed by atoms with E-state index in [1.54, 1.807) is 0 Å². The highest BCUT2D eigenvalue weighted by molar-refractivity contribution is 5.96. The summed E-state index contributed by atoms with van der Waals surface area (Å²) in [5.41, 5.74) is 8.42. The van der Waals surface area contributed by atoms with Gasteiger partial charge in [0.1, 0.15) is 6.42 Å². The number of hydrogen-bond donors (Lipinski definition) is 3. The standard InChI is InChI=1S/C4H7N3O3/c5-3(9)1-4(10)7-6-2-8/h2H,1H2,(H2,5,9)(H,6,8)(H,7,10). The minimum atomic E-state index is -0.745. The highest BCUT2D eigenvalue weighted by atomic mass is 16.2. The number of rotatable bonds is 4. The van der Waals surface area contributed by atoms with Gasteiger partial charge in [0.05, 0.1) is 0 Å². The van der Waals surface area contributed by atoms with Crippen molar-refractivity contribution in [3.05, 3.63) is 0 Å². The quantitative estimate of drug-likeness (QED) is 0.234. The van der Waals surface area contributed by atoms with Crippen molar-refractivity contribution in [2.75, 3.05) is 0 Å². The lowest BCUT2D eigenvalue weighted by Crippen LogP contribution is -2.38. The summed E-state index contributed by atoms with van der Waals surface area (Å²) in [6.45, 7) is 0. The topological polar surface area (TPSA) is 101 Å². The molecule has 4 N–H and O–H groups in total. The third-order valence-electron chi connectivity index (χ3n) is 0.605. The predicted molar refractivity (Wildman–Crippen MR) is 31.2 cm³/mol. The van der Waals surface area contributed by atoms with Crippen molar-refractivity contribution in [2.45, 2.75) is 6.42 Å². The number of nitrogens with one attached hydrogen (secondary N) is 2. The molecule has 0 heterocycles. The average molecular weight is 145 g/mol. The van der Waals surface area contributed by atoms with Gasteiger partial charge < -0.3 is 5.73 Å². The molecule has 0 bridgehead atoms. The molecule has 56 valence electrons. The molecule has 0 aromatic carbocycles. The Labute approximate surface area is 56.7 Å². The molecular weight excluding hydrogens is 138 g/mol. The number of hydrogen-bond acceptors (Lipinski definition) is 3. The number of nitrogens with two attached hydrogens (primary N) is 1. The fraction of sp³-hybridized carbons (Fsp3) is 0.250. The fourth-order valence-electron chi connectivity index (χ4n) is 0.312. The lowest BCUT2D eigenvalue weighted by atomic mass is 10.4. The third kappa shape index (κ3) is 4.57. The van der Waals surface area contributed by atoms with E-state index >= 15 is 0 Å². The molecule has 0 aliphatic carbocycles. The van der Waals surface area contributed by atoms with Crippen LogP contribution in [0.25, 0.3) is 0 Å². The number of primary amides is 1. The van der Waals surface area contributed by atoms with Crippen LogP contribution in [0.2, 0.25) is 0 Å². The molecule has 0 atom stereocenters. The van der Waals surface area contributed by atoms with Gasteiger partial charge in [-0.05, 0) is 0 Å². The molecule has 6 heteroatoms.